The van der Waals surface area contributed by atoms with Gasteiger partial charge in [0, 0.05) is 28.6 Å². The van der Waals surface area contributed by atoms with Gasteiger partial charge in [-0.1, -0.05) is 5.92 Å². The van der Waals surface area contributed by atoms with Gasteiger partial charge in [0.2, 0.25) is 0 Å². The molecule has 0 aliphatic rings. The SMILES string of the molecule is C#Cc1ccc(SCCc2ccncc2)cc1. The highest BCUT2D eigenvalue weighted by Crippen LogP contribution is 2.19. The predicted octanol–water partition coefficient (Wildman–Crippen LogP) is 3.40. The second-order valence-corrected chi connectivity index (χ2v) is 4.79. The van der Waals surface area contributed by atoms with Crippen LogP contribution in [0.1, 0.15) is 11.1 Å². The molecule has 17 heavy (non-hydrogen) atoms. The van der Waals surface area contributed by atoms with Crippen LogP contribution in [0.25, 0.3) is 0 Å². The number of hydrogen-bond donors (Lipinski definition) is 0. The van der Waals surface area contributed by atoms with Gasteiger partial charge in [0.1, 0.15) is 0 Å². The largest absolute Gasteiger partial charge is 0.265 e. The fourth-order valence-corrected chi connectivity index (χ4v) is 2.39. The van der Waals surface area contributed by atoms with Crippen molar-refractivity contribution in [3.8, 4) is 12.3 Å². The Balaban J connectivity index is 1.84. The molecule has 0 fully saturated rings. The number of terminal acetylenes is 1. The zero-order valence-corrected chi connectivity index (χ0v) is 10.3. The molecule has 2 rings (SSSR count). The van der Waals surface area contributed by atoms with Crippen molar-refractivity contribution < 1.29 is 0 Å². The number of aromatic nitrogens is 1. The van der Waals surface area contributed by atoms with Crippen LogP contribution in [-0.2, 0) is 6.42 Å². The maximum absolute atomic E-state index is 5.31. The molecular formula is C15H13NS. The molecule has 0 unspecified atom stereocenters. The second kappa shape index (κ2) is 6.12. The summed E-state index contributed by atoms with van der Waals surface area (Å²) in [4.78, 5) is 5.27. The number of pyridine rings is 1. The second-order valence-electron chi connectivity index (χ2n) is 3.62. The first-order chi connectivity index (χ1) is 8.38. The van der Waals surface area contributed by atoms with Crippen molar-refractivity contribution in [2.45, 2.75) is 11.3 Å². The van der Waals surface area contributed by atoms with Crippen molar-refractivity contribution in [3.05, 3.63) is 59.9 Å². The van der Waals surface area contributed by atoms with Crippen LogP contribution >= 0.6 is 11.8 Å². The maximum atomic E-state index is 5.31. The first-order valence-corrected chi connectivity index (χ1v) is 6.45. The summed E-state index contributed by atoms with van der Waals surface area (Å²) in [7, 11) is 0. The van der Waals surface area contributed by atoms with Gasteiger partial charge in [-0.2, -0.15) is 0 Å². The molecular weight excluding hydrogens is 226 g/mol. The normalized spacial score (nSPS) is 9.82. The minimum Gasteiger partial charge on any atom is -0.265 e. The predicted molar refractivity (Wildman–Crippen MR) is 73.0 cm³/mol. The van der Waals surface area contributed by atoms with Crippen LogP contribution in [0.2, 0.25) is 0 Å². The topological polar surface area (TPSA) is 12.9 Å². The van der Waals surface area contributed by atoms with E-state index in [1.165, 1.54) is 10.5 Å². The molecule has 0 aliphatic carbocycles. The van der Waals surface area contributed by atoms with Crippen LogP contribution in [0.15, 0.2) is 53.7 Å². The van der Waals surface area contributed by atoms with Gasteiger partial charge >= 0.3 is 0 Å². The molecule has 0 aliphatic heterocycles. The van der Waals surface area contributed by atoms with Crippen molar-refractivity contribution >= 4 is 11.8 Å². The summed E-state index contributed by atoms with van der Waals surface area (Å²) in [6.45, 7) is 0. The van der Waals surface area contributed by atoms with Crippen molar-refractivity contribution in [2.75, 3.05) is 5.75 Å². The summed E-state index contributed by atoms with van der Waals surface area (Å²) in [6, 6.07) is 12.2. The Morgan fingerprint density at radius 1 is 1.06 bits per heavy atom. The minimum atomic E-state index is 0.934. The molecule has 1 nitrogen and oxygen atoms in total. The van der Waals surface area contributed by atoms with E-state index in [9.17, 15) is 0 Å². The van der Waals surface area contributed by atoms with Crippen LogP contribution in [0.3, 0.4) is 0 Å². The number of hydrogen-bond acceptors (Lipinski definition) is 2. The third-order valence-electron chi connectivity index (χ3n) is 2.43. The first kappa shape index (κ1) is 11.8. The number of rotatable bonds is 4. The summed E-state index contributed by atoms with van der Waals surface area (Å²) in [6.07, 6.45) is 10.0. The van der Waals surface area contributed by atoms with E-state index >= 15 is 0 Å². The molecule has 0 saturated carbocycles. The molecule has 0 saturated heterocycles. The molecule has 1 heterocycles. The molecule has 2 heteroatoms. The van der Waals surface area contributed by atoms with Crippen LogP contribution in [-0.4, -0.2) is 10.7 Å². The van der Waals surface area contributed by atoms with E-state index in [0.717, 1.165) is 17.7 Å². The lowest BCUT2D eigenvalue weighted by atomic mass is 10.2. The van der Waals surface area contributed by atoms with Gasteiger partial charge < -0.3 is 0 Å². The summed E-state index contributed by atoms with van der Waals surface area (Å²) in [5.74, 6) is 3.69. The number of aryl methyl sites for hydroxylation is 1. The molecule has 1 aromatic carbocycles. The van der Waals surface area contributed by atoms with Gasteiger partial charge in [0.25, 0.3) is 0 Å². The Morgan fingerprint density at radius 3 is 2.41 bits per heavy atom. The monoisotopic (exact) mass is 239 g/mol. The van der Waals surface area contributed by atoms with Crippen molar-refractivity contribution in [1.29, 1.82) is 0 Å². The van der Waals surface area contributed by atoms with Crippen molar-refractivity contribution in [1.82, 2.24) is 4.98 Å². The Hall–Kier alpha value is -1.72. The van der Waals surface area contributed by atoms with Crippen LogP contribution in [0.5, 0.6) is 0 Å². The molecule has 84 valence electrons. The average Bonchev–Trinajstić information content (AvgIpc) is 2.41. The third-order valence-corrected chi connectivity index (χ3v) is 3.44. The highest BCUT2D eigenvalue weighted by atomic mass is 32.2. The van der Waals surface area contributed by atoms with E-state index in [-0.39, 0.29) is 0 Å². The molecule has 1 aromatic heterocycles. The highest BCUT2D eigenvalue weighted by molar-refractivity contribution is 7.99. The quantitative estimate of drug-likeness (QED) is 0.599. The van der Waals surface area contributed by atoms with E-state index in [4.69, 9.17) is 6.42 Å². The molecule has 0 radical (unpaired) electrons. The molecule has 0 N–H and O–H groups in total. The smallest absolute Gasteiger partial charge is 0.0270 e. The molecule has 0 spiro atoms. The Labute approximate surface area is 106 Å². The lowest BCUT2D eigenvalue weighted by Gasteiger charge is -2.02. The average molecular weight is 239 g/mol. The lowest BCUT2D eigenvalue weighted by molar-refractivity contribution is 1.13. The van der Waals surface area contributed by atoms with E-state index < -0.39 is 0 Å². The van der Waals surface area contributed by atoms with Crippen molar-refractivity contribution in [3.63, 3.8) is 0 Å². The number of nitrogens with zero attached hydrogens (tertiary/aromatic N) is 1. The van der Waals surface area contributed by atoms with Crippen LogP contribution in [0.4, 0.5) is 0 Å². The van der Waals surface area contributed by atoms with Gasteiger partial charge in [0.15, 0.2) is 0 Å². The highest BCUT2D eigenvalue weighted by Gasteiger charge is 1.96. The zero-order valence-electron chi connectivity index (χ0n) is 9.47. The van der Waals surface area contributed by atoms with Gasteiger partial charge in [0.05, 0.1) is 0 Å². The van der Waals surface area contributed by atoms with Crippen LogP contribution in [0, 0.1) is 12.3 Å². The zero-order chi connectivity index (χ0) is 11.9. The van der Waals surface area contributed by atoms with E-state index in [2.05, 4.69) is 35.2 Å². The minimum absolute atomic E-state index is 0.934. The Kier molecular flexibility index (Phi) is 4.23. The van der Waals surface area contributed by atoms with E-state index in [0.29, 0.717) is 0 Å². The Morgan fingerprint density at radius 2 is 1.76 bits per heavy atom. The fourth-order valence-electron chi connectivity index (χ4n) is 1.48. The maximum Gasteiger partial charge on any atom is 0.0270 e. The van der Waals surface area contributed by atoms with E-state index in [1.54, 1.807) is 0 Å². The summed E-state index contributed by atoms with van der Waals surface area (Å²) in [5, 5.41) is 0. The molecule has 0 atom stereocenters. The number of benzene rings is 1. The lowest BCUT2D eigenvalue weighted by Crippen LogP contribution is -1.88. The third kappa shape index (κ3) is 3.65. The standard InChI is InChI=1S/C15H13NS/c1-2-13-3-5-15(6-4-13)17-12-9-14-7-10-16-11-8-14/h1,3-8,10-11H,9,12H2. The number of thioether (sulfide) groups is 1. The first-order valence-electron chi connectivity index (χ1n) is 5.47. The van der Waals surface area contributed by atoms with Gasteiger partial charge in [-0.25, -0.2) is 0 Å². The van der Waals surface area contributed by atoms with Gasteiger partial charge in [-0.3, -0.25) is 4.98 Å². The molecule has 0 bridgehead atoms. The van der Waals surface area contributed by atoms with Crippen molar-refractivity contribution in [2.24, 2.45) is 0 Å². The summed E-state index contributed by atoms with van der Waals surface area (Å²) < 4.78 is 0. The summed E-state index contributed by atoms with van der Waals surface area (Å²) >= 11 is 1.85. The fraction of sp³-hybridized carbons (Fsp3) is 0.133. The Bertz CT molecular complexity index is 497. The van der Waals surface area contributed by atoms with Gasteiger partial charge in [-0.05, 0) is 48.4 Å². The van der Waals surface area contributed by atoms with E-state index in [1.807, 2.05) is 36.3 Å². The van der Waals surface area contributed by atoms with Gasteiger partial charge in [-0.15, -0.1) is 18.2 Å². The molecule has 2 aromatic rings. The summed E-state index contributed by atoms with van der Waals surface area (Å²) in [5.41, 5.74) is 2.26. The van der Waals surface area contributed by atoms with Crippen LogP contribution < -0.4 is 0 Å². The molecule has 0 amide bonds.